The fourth-order valence-electron chi connectivity index (χ4n) is 2.43. The third-order valence-electron chi connectivity index (χ3n) is 3.44. The van der Waals surface area contributed by atoms with Gasteiger partial charge in [-0.3, -0.25) is 0 Å². The second-order valence-corrected chi connectivity index (χ2v) is 4.61. The van der Waals surface area contributed by atoms with E-state index in [2.05, 4.69) is 34.3 Å². The van der Waals surface area contributed by atoms with Crippen LogP contribution >= 0.6 is 0 Å². The zero-order valence-corrected chi connectivity index (χ0v) is 10.2. The van der Waals surface area contributed by atoms with Gasteiger partial charge in [0.15, 0.2) is 0 Å². The van der Waals surface area contributed by atoms with Crippen molar-refractivity contribution in [3.63, 3.8) is 0 Å². The average molecular weight is 224 g/mol. The molecule has 16 heavy (non-hydrogen) atoms. The lowest BCUT2D eigenvalue weighted by Crippen LogP contribution is -2.33. The van der Waals surface area contributed by atoms with Crippen LogP contribution < -0.4 is 21.3 Å². The molecule has 0 saturated carbocycles. The molecule has 0 radical (unpaired) electrons. The van der Waals surface area contributed by atoms with Crippen LogP contribution in [0.5, 0.6) is 0 Å². The van der Waals surface area contributed by atoms with Gasteiger partial charge in [-0.2, -0.15) is 0 Å². The Morgan fingerprint density at radius 2 is 1.56 bits per heavy atom. The maximum Gasteiger partial charge on any atom is 0.0610 e. The molecule has 0 aliphatic carbocycles. The van der Waals surface area contributed by atoms with Gasteiger partial charge < -0.3 is 21.3 Å². The van der Waals surface area contributed by atoms with Crippen molar-refractivity contribution in [3.8, 4) is 0 Å². The number of rotatable bonds is 5. The SMILES string of the molecule is CC=C(CCC1NCCN1)CC1NCCN1. The van der Waals surface area contributed by atoms with Crippen LogP contribution in [0.15, 0.2) is 11.6 Å². The summed E-state index contributed by atoms with van der Waals surface area (Å²) in [6, 6.07) is 0. The Morgan fingerprint density at radius 3 is 2.12 bits per heavy atom. The maximum absolute atomic E-state index is 3.47. The third-order valence-corrected chi connectivity index (χ3v) is 3.44. The summed E-state index contributed by atoms with van der Waals surface area (Å²) in [6.45, 7) is 6.59. The molecule has 2 saturated heterocycles. The average Bonchev–Trinajstić information content (AvgIpc) is 2.97. The molecule has 4 heteroatoms. The summed E-state index contributed by atoms with van der Waals surface area (Å²) in [5, 5.41) is 13.9. The molecule has 0 unspecified atom stereocenters. The Morgan fingerprint density at radius 1 is 1.00 bits per heavy atom. The van der Waals surface area contributed by atoms with Gasteiger partial charge in [0.25, 0.3) is 0 Å². The summed E-state index contributed by atoms with van der Waals surface area (Å²) >= 11 is 0. The van der Waals surface area contributed by atoms with Gasteiger partial charge in [-0.25, -0.2) is 0 Å². The van der Waals surface area contributed by atoms with Gasteiger partial charge in [-0.05, 0) is 26.2 Å². The van der Waals surface area contributed by atoms with Crippen molar-refractivity contribution >= 4 is 0 Å². The highest BCUT2D eigenvalue weighted by molar-refractivity contribution is 5.04. The molecule has 0 atom stereocenters. The van der Waals surface area contributed by atoms with Crippen LogP contribution in [-0.4, -0.2) is 38.5 Å². The lowest BCUT2D eigenvalue weighted by Gasteiger charge is -2.16. The van der Waals surface area contributed by atoms with Gasteiger partial charge >= 0.3 is 0 Å². The summed E-state index contributed by atoms with van der Waals surface area (Å²) in [5.74, 6) is 0. The quantitative estimate of drug-likeness (QED) is 0.502. The first-order valence-electron chi connectivity index (χ1n) is 6.46. The minimum Gasteiger partial charge on any atom is -0.301 e. The van der Waals surface area contributed by atoms with Gasteiger partial charge in [-0.1, -0.05) is 11.6 Å². The molecule has 4 N–H and O–H groups in total. The number of nitrogens with one attached hydrogen (secondary N) is 4. The van der Waals surface area contributed by atoms with Gasteiger partial charge in [0.2, 0.25) is 0 Å². The second-order valence-electron chi connectivity index (χ2n) is 4.61. The highest BCUT2D eigenvalue weighted by Crippen LogP contribution is 2.14. The molecule has 2 aliphatic rings. The molecule has 2 heterocycles. The van der Waals surface area contributed by atoms with E-state index in [0.29, 0.717) is 12.3 Å². The van der Waals surface area contributed by atoms with Crippen molar-refractivity contribution in [1.82, 2.24) is 21.3 Å². The van der Waals surface area contributed by atoms with E-state index in [1.165, 1.54) is 12.8 Å². The normalized spacial score (nSPS) is 24.4. The molecule has 0 aromatic carbocycles. The van der Waals surface area contributed by atoms with E-state index in [1.807, 2.05) is 0 Å². The third kappa shape index (κ3) is 3.56. The zero-order chi connectivity index (χ0) is 11.2. The first kappa shape index (κ1) is 12.0. The Labute approximate surface area is 98.3 Å². The Hall–Kier alpha value is -0.420. The van der Waals surface area contributed by atoms with Gasteiger partial charge in [-0.15, -0.1) is 0 Å². The summed E-state index contributed by atoms with van der Waals surface area (Å²) in [7, 11) is 0. The molecule has 2 rings (SSSR count). The van der Waals surface area contributed by atoms with Crippen LogP contribution in [0.2, 0.25) is 0 Å². The molecule has 0 amide bonds. The molecule has 0 aromatic heterocycles. The van der Waals surface area contributed by atoms with Crippen LogP contribution in [-0.2, 0) is 0 Å². The standard InChI is InChI=1S/C12H24N4/c1-2-10(9-12-15-7-8-16-12)3-4-11-13-5-6-14-11/h2,11-16H,3-9H2,1H3. The molecule has 2 fully saturated rings. The lowest BCUT2D eigenvalue weighted by atomic mass is 10.0. The second kappa shape index (κ2) is 6.35. The number of allylic oxidation sites excluding steroid dienone is 1. The lowest BCUT2D eigenvalue weighted by molar-refractivity contribution is 0.491. The van der Waals surface area contributed by atoms with E-state index >= 15 is 0 Å². The van der Waals surface area contributed by atoms with Crippen molar-refractivity contribution in [3.05, 3.63) is 11.6 Å². The van der Waals surface area contributed by atoms with Crippen LogP contribution in [0.3, 0.4) is 0 Å². The highest BCUT2D eigenvalue weighted by atomic mass is 15.2. The Bertz CT molecular complexity index is 227. The molecule has 0 spiro atoms. The molecular formula is C12H24N4. The topological polar surface area (TPSA) is 48.1 Å². The van der Waals surface area contributed by atoms with E-state index in [-0.39, 0.29) is 0 Å². The van der Waals surface area contributed by atoms with E-state index < -0.39 is 0 Å². The van der Waals surface area contributed by atoms with Gasteiger partial charge in [0, 0.05) is 26.2 Å². The van der Waals surface area contributed by atoms with Crippen molar-refractivity contribution < 1.29 is 0 Å². The molecule has 92 valence electrons. The minimum absolute atomic E-state index is 0.496. The summed E-state index contributed by atoms with van der Waals surface area (Å²) in [5.41, 5.74) is 1.56. The first-order valence-corrected chi connectivity index (χ1v) is 6.46. The largest absolute Gasteiger partial charge is 0.301 e. The summed E-state index contributed by atoms with van der Waals surface area (Å²) < 4.78 is 0. The van der Waals surface area contributed by atoms with Crippen molar-refractivity contribution in [2.45, 2.75) is 38.5 Å². The van der Waals surface area contributed by atoms with Crippen molar-refractivity contribution in [2.75, 3.05) is 26.2 Å². The predicted octanol–water partition coefficient (Wildman–Crippen LogP) is 0.141. The fraction of sp³-hybridized carbons (Fsp3) is 0.833. The van der Waals surface area contributed by atoms with Crippen molar-refractivity contribution in [2.24, 2.45) is 0 Å². The van der Waals surface area contributed by atoms with Crippen molar-refractivity contribution in [1.29, 1.82) is 0 Å². The summed E-state index contributed by atoms with van der Waals surface area (Å²) in [4.78, 5) is 0. The first-order chi connectivity index (χ1) is 7.88. The monoisotopic (exact) mass is 224 g/mol. The molecule has 4 nitrogen and oxygen atoms in total. The highest BCUT2D eigenvalue weighted by Gasteiger charge is 2.16. The van der Waals surface area contributed by atoms with E-state index in [4.69, 9.17) is 0 Å². The molecule has 2 aliphatic heterocycles. The van der Waals surface area contributed by atoms with Gasteiger partial charge in [0.1, 0.15) is 0 Å². The zero-order valence-electron chi connectivity index (χ0n) is 10.2. The van der Waals surface area contributed by atoms with Crippen LogP contribution in [0.1, 0.15) is 26.2 Å². The predicted molar refractivity (Wildman–Crippen MR) is 67.2 cm³/mol. The van der Waals surface area contributed by atoms with E-state index in [9.17, 15) is 0 Å². The summed E-state index contributed by atoms with van der Waals surface area (Å²) in [6.07, 6.45) is 6.84. The molecule has 0 bridgehead atoms. The van der Waals surface area contributed by atoms with E-state index in [0.717, 1.165) is 32.6 Å². The number of hydrogen-bond acceptors (Lipinski definition) is 4. The van der Waals surface area contributed by atoms with E-state index in [1.54, 1.807) is 5.57 Å². The smallest absolute Gasteiger partial charge is 0.0610 e. The Kier molecular flexibility index (Phi) is 4.78. The minimum atomic E-state index is 0.496. The van der Waals surface area contributed by atoms with Crippen LogP contribution in [0.25, 0.3) is 0 Å². The van der Waals surface area contributed by atoms with Gasteiger partial charge in [0.05, 0.1) is 12.3 Å². The Balaban J connectivity index is 1.68. The van der Waals surface area contributed by atoms with Crippen LogP contribution in [0, 0.1) is 0 Å². The fourth-order valence-corrected chi connectivity index (χ4v) is 2.43. The van der Waals surface area contributed by atoms with Crippen LogP contribution in [0.4, 0.5) is 0 Å². The number of hydrogen-bond donors (Lipinski definition) is 4. The maximum atomic E-state index is 3.47. The molecular weight excluding hydrogens is 200 g/mol. The molecule has 0 aromatic rings.